The number of hydrazine groups is 1. The largest absolute Gasteiger partial charge is 0.481 e. The van der Waals surface area contributed by atoms with Gasteiger partial charge in [-0.1, -0.05) is 73.7 Å². The molecule has 1 heterocycles. The van der Waals surface area contributed by atoms with E-state index < -0.39 is 5.97 Å². The monoisotopic (exact) mass is 512 g/mol. The van der Waals surface area contributed by atoms with Crippen molar-refractivity contribution in [1.29, 1.82) is 0 Å². The molecular weight excluding hydrogens is 476 g/mol. The zero-order chi connectivity index (χ0) is 26.9. The predicted molar refractivity (Wildman–Crippen MR) is 151 cm³/mol. The van der Waals surface area contributed by atoms with Gasteiger partial charge in [-0.2, -0.15) is 0 Å². The number of carbonyl (C=O) groups is 2. The third-order valence-corrected chi connectivity index (χ3v) is 6.86. The number of benzene rings is 3. The first-order valence-electron chi connectivity index (χ1n) is 13.1. The molecule has 0 saturated heterocycles. The van der Waals surface area contributed by atoms with E-state index in [1.165, 1.54) is 0 Å². The van der Waals surface area contributed by atoms with Crippen molar-refractivity contribution in [1.82, 2.24) is 20.3 Å². The number of nitrogens with zero attached hydrogens (tertiary/aromatic N) is 2. The van der Waals surface area contributed by atoms with Crippen molar-refractivity contribution >= 4 is 22.8 Å². The molecule has 0 aliphatic carbocycles. The average Bonchev–Trinajstić information content (AvgIpc) is 3.34. The topological polar surface area (TPSA) is 88.7 Å². The molecule has 0 unspecified atom stereocenters. The Kier molecular flexibility index (Phi) is 9.30. The van der Waals surface area contributed by atoms with Crippen molar-refractivity contribution in [2.45, 2.75) is 38.3 Å². The first-order chi connectivity index (χ1) is 18.4. The molecule has 0 aliphatic rings. The van der Waals surface area contributed by atoms with Crippen molar-refractivity contribution in [3.63, 3.8) is 0 Å². The maximum atomic E-state index is 13.2. The lowest BCUT2D eigenvalue weighted by Gasteiger charge is -2.36. The van der Waals surface area contributed by atoms with E-state index >= 15 is 0 Å². The summed E-state index contributed by atoms with van der Waals surface area (Å²) in [4.78, 5) is 30.0. The predicted octanol–water partition coefficient (Wildman–Crippen LogP) is 4.76. The van der Waals surface area contributed by atoms with E-state index in [0.29, 0.717) is 31.5 Å². The fourth-order valence-corrected chi connectivity index (χ4v) is 4.99. The number of hydrogen-bond donors (Lipinski definition) is 3. The molecule has 0 spiro atoms. The Balaban J connectivity index is 1.56. The smallest absolute Gasteiger partial charge is 0.304 e. The number of amides is 1. The molecule has 4 aromatic rings. The number of aromatic nitrogens is 1. The molecule has 0 radical (unpaired) electrons. The fraction of sp³-hybridized carbons (Fsp3) is 0.290. The molecule has 1 aromatic heterocycles. The number of H-pyrrole nitrogens is 1. The zero-order valence-corrected chi connectivity index (χ0v) is 22.0. The van der Waals surface area contributed by atoms with Gasteiger partial charge in [-0.3, -0.25) is 15.0 Å². The van der Waals surface area contributed by atoms with Crippen molar-refractivity contribution in [3.05, 3.63) is 108 Å². The number of carboxylic acid groups (broad SMARTS) is 1. The molecule has 4 rings (SSSR count). The van der Waals surface area contributed by atoms with Crippen LogP contribution in [0.3, 0.4) is 0 Å². The Morgan fingerprint density at radius 2 is 1.58 bits per heavy atom. The molecule has 2 atom stereocenters. The van der Waals surface area contributed by atoms with Gasteiger partial charge >= 0.3 is 5.97 Å². The third-order valence-electron chi connectivity index (χ3n) is 6.86. The van der Waals surface area contributed by atoms with E-state index in [9.17, 15) is 14.7 Å². The molecule has 0 fully saturated rings. The Hall–Kier alpha value is -3.94. The molecule has 0 bridgehead atoms. The number of carboxylic acids is 1. The third kappa shape index (κ3) is 7.09. The summed E-state index contributed by atoms with van der Waals surface area (Å²) >= 11 is 0. The molecule has 7 nitrogen and oxygen atoms in total. The highest BCUT2D eigenvalue weighted by molar-refractivity contribution is 5.94. The molecular formula is C31H36N4O3. The molecule has 3 N–H and O–H groups in total. The first-order valence-corrected chi connectivity index (χ1v) is 13.1. The van der Waals surface area contributed by atoms with Crippen LogP contribution in [-0.4, -0.2) is 64.1 Å². The molecule has 38 heavy (non-hydrogen) atoms. The number of para-hydroxylation sites is 1. The Labute approximate surface area is 224 Å². The van der Waals surface area contributed by atoms with Crippen LogP contribution in [0.2, 0.25) is 0 Å². The molecule has 1 amide bonds. The van der Waals surface area contributed by atoms with Crippen LogP contribution in [-0.2, 0) is 17.6 Å². The lowest BCUT2D eigenvalue weighted by atomic mass is 10.0. The Morgan fingerprint density at radius 3 is 2.26 bits per heavy atom. The van der Waals surface area contributed by atoms with E-state index in [1.807, 2.05) is 86.9 Å². The summed E-state index contributed by atoms with van der Waals surface area (Å²) < 4.78 is 0. The molecule has 3 aromatic carbocycles. The van der Waals surface area contributed by atoms with Crippen molar-refractivity contribution in [2.75, 3.05) is 20.1 Å². The minimum Gasteiger partial charge on any atom is -0.481 e. The van der Waals surface area contributed by atoms with Gasteiger partial charge in [-0.25, -0.2) is 5.01 Å². The van der Waals surface area contributed by atoms with Crippen LogP contribution in [0.15, 0.2) is 91.1 Å². The van der Waals surface area contributed by atoms with Crippen LogP contribution in [0.25, 0.3) is 10.9 Å². The standard InChI is InChI=1S/C31H36N4O3/c1-3-35(33-26(20-30(36)37)19-25-21-32-29-17-11-10-16-28(25)29)27(18-23-12-6-4-7-13-23)22-34(2)31(38)24-14-8-5-9-15-24/h4-17,21,26-27,32-33H,3,18-20,22H2,1-2H3,(H,36,37)/t26-,27+/m0/s1. The van der Waals surface area contributed by atoms with E-state index in [1.54, 1.807) is 4.90 Å². The van der Waals surface area contributed by atoms with Gasteiger partial charge in [0.2, 0.25) is 0 Å². The summed E-state index contributed by atoms with van der Waals surface area (Å²) in [5.41, 5.74) is 7.46. The SMILES string of the molecule is CCN(N[C@H](CC(=O)O)Cc1c[nH]c2ccccc12)[C@H](Cc1ccccc1)CN(C)C(=O)c1ccccc1. The number of nitrogens with one attached hydrogen (secondary N) is 2. The van der Waals surface area contributed by atoms with Gasteiger partial charge in [0.25, 0.3) is 5.91 Å². The molecule has 0 saturated carbocycles. The molecule has 7 heteroatoms. The summed E-state index contributed by atoms with van der Waals surface area (Å²) in [7, 11) is 1.82. The van der Waals surface area contributed by atoms with Crippen LogP contribution in [0, 0.1) is 0 Å². The summed E-state index contributed by atoms with van der Waals surface area (Å²) in [6.07, 6.45) is 3.21. The zero-order valence-electron chi connectivity index (χ0n) is 22.0. The highest BCUT2D eigenvalue weighted by Gasteiger charge is 2.26. The normalized spacial score (nSPS) is 12.9. The van der Waals surface area contributed by atoms with Crippen molar-refractivity contribution in [2.24, 2.45) is 0 Å². The number of hydrogen-bond acceptors (Lipinski definition) is 4. The highest BCUT2D eigenvalue weighted by Crippen LogP contribution is 2.21. The average molecular weight is 513 g/mol. The maximum Gasteiger partial charge on any atom is 0.304 e. The van der Waals surface area contributed by atoms with Gasteiger partial charge in [0.15, 0.2) is 0 Å². The number of aromatic amines is 1. The van der Waals surface area contributed by atoms with Crippen LogP contribution in [0.4, 0.5) is 0 Å². The summed E-state index contributed by atoms with van der Waals surface area (Å²) in [6, 6.07) is 27.1. The van der Waals surface area contributed by atoms with Gasteiger partial charge in [-0.15, -0.1) is 0 Å². The minimum atomic E-state index is -0.852. The maximum absolute atomic E-state index is 13.2. The lowest BCUT2D eigenvalue weighted by molar-refractivity contribution is -0.138. The Bertz CT molecular complexity index is 1320. The summed E-state index contributed by atoms with van der Waals surface area (Å²) in [5.74, 6) is -0.894. The van der Waals surface area contributed by atoms with E-state index in [2.05, 4.69) is 33.6 Å². The number of rotatable bonds is 13. The minimum absolute atomic E-state index is 0.0210. The second-order valence-corrected chi connectivity index (χ2v) is 9.67. The van der Waals surface area contributed by atoms with Crippen LogP contribution in [0.5, 0.6) is 0 Å². The second kappa shape index (κ2) is 13.0. The summed E-state index contributed by atoms with van der Waals surface area (Å²) in [5, 5.41) is 12.9. The van der Waals surface area contributed by atoms with Gasteiger partial charge in [-0.05, 0) is 42.2 Å². The highest BCUT2D eigenvalue weighted by atomic mass is 16.4. The number of fused-ring (bicyclic) bond motifs is 1. The van der Waals surface area contributed by atoms with Gasteiger partial charge in [0.1, 0.15) is 0 Å². The van der Waals surface area contributed by atoms with Crippen LogP contribution in [0.1, 0.15) is 34.8 Å². The molecule has 0 aliphatic heterocycles. The second-order valence-electron chi connectivity index (χ2n) is 9.67. The van der Waals surface area contributed by atoms with E-state index in [4.69, 9.17) is 0 Å². The number of carbonyl (C=O) groups excluding carboxylic acids is 1. The number of aliphatic carboxylic acids is 1. The Morgan fingerprint density at radius 1 is 0.921 bits per heavy atom. The van der Waals surface area contributed by atoms with Gasteiger partial charge < -0.3 is 15.0 Å². The van der Waals surface area contributed by atoms with Crippen LogP contribution >= 0.6 is 0 Å². The number of likely N-dealkylation sites (N-methyl/N-ethyl adjacent to an activating group) is 2. The molecule has 198 valence electrons. The quantitative estimate of drug-likeness (QED) is 0.225. The first kappa shape index (κ1) is 27.1. The van der Waals surface area contributed by atoms with Crippen LogP contribution < -0.4 is 5.43 Å². The van der Waals surface area contributed by atoms with Crippen molar-refractivity contribution < 1.29 is 14.7 Å². The van der Waals surface area contributed by atoms with Crippen molar-refractivity contribution in [3.8, 4) is 0 Å². The van der Waals surface area contributed by atoms with Gasteiger partial charge in [0, 0.05) is 54.9 Å². The summed E-state index contributed by atoms with van der Waals surface area (Å²) in [6.45, 7) is 3.18. The van der Waals surface area contributed by atoms with E-state index in [0.717, 1.165) is 22.0 Å². The van der Waals surface area contributed by atoms with Gasteiger partial charge in [0.05, 0.1) is 6.42 Å². The van der Waals surface area contributed by atoms with E-state index in [-0.39, 0.29) is 24.4 Å². The fourth-order valence-electron chi connectivity index (χ4n) is 4.99. The lowest BCUT2D eigenvalue weighted by Crippen LogP contribution is -2.55.